The van der Waals surface area contributed by atoms with Crippen molar-refractivity contribution in [2.75, 3.05) is 13.1 Å². The second-order valence-corrected chi connectivity index (χ2v) is 8.18. The molecule has 1 fully saturated rings. The Hall–Kier alpha value is -2.97. The fourth-order valence-corrected chi connectivity index (χ4v) is 4.59. The molecule has 0 radical (unpaired) electrons. The van der Waals surface area contributed by atoms with Gasteiger partial charge < -0.3 is 19.1 Å². The summed E-state index contributed by atoms with van der Waals surface area (Å²) in [5.41, 5.74) is 1.89. The summed E-state index contributed by atoms with van der Waals surface area (Å²) in [6, 6.07) is 14.0. The summed E-state index contributed by atoms with van der Waals surface area (Å²) >= 11 is 0. The van der Waals surface area contributed by atoms with E-state index in [0.29, 0.717) is 38.3 Å². The molecule has 1 saturated heterocycles. The van der Waals surface area contributed by atoms with Crippen molar-refractivity contribution in [2.45, 2.75) is 38.2 Å². The number of aryl methyl sites for hydroxylation is 1. The number of amides is 1. The SMILES string of the molecule is Cn1cccc1C(=O)N1CCn2c(nnc2[C@@H]2C[C@@H](O)CN2Cc2ccccc2)C1. The molecule has 2 aliphatic heterocycles. The molecule has 156 valence electrons. The highest BCUT2D eigenvalue weighted by Crippen LogP contribution is 2.33. The predicted molar refractivity (Wildman–Crippen MR) is 110 cm³/mol. The molecule has 30 heavy (non-hydrogen) atoms. The molecule has 0 spiro atoms. The van der Waals surface area contributed by atoms with Crippen LogP contribution in [0.4, 0.5) is 0 Å². The van der Waals surface area contributed by atoms with Crippen molar-refractivity contribution in [1.82, 2.24) is 29.1 Å². The van der Waals surface area contributed by atoms with Crippen LogP contribution in [0.2, 0.25) is 0 Å². The number of nitrogens with zero attached hydrogens (tertiary/aromatic N) is 6. The molecule has 2 atom stereocenters. The lowest BCUT2D eigenvalue weighted by Gasteiger charge is -2.30. The molecule has 3 aromatic rings. The minimum Gasteiger partial charge on any atom is -0.392 e. The summed E-state index contributed by atoms with van der Waals surface area (Å²) in [7, 11) is 1.88. The number of aliphatic hydroxyl groups excluding tert-OH is 1. The van der Waals surface area contributed by atoms with Crippen molar-refractivity contribution in [3.8, 4) is 0 Å². The van der Waals surface area contributed by atoms with Gasteiger partial charge in [-0.2, -0.15) is 0 Å². The van der Waals surface area contributed by atoms with Crippen molar-refractivity contribution >= 4 is 5.91 Å². The van der Waals surface area contributed by atoms with E-state index in [-0.39, 0.29) is 18.1 Å². The van der Waals surface area contributed by atoms with E-state index >= 15 is 0 Å². The minimum absolute atomic E-state index is 0.0142. The average Bonchev–Trinajstić information content (AvgIpc) is 3.46. The van der Waals surface area contributed by atoms with Gasteiger partial charge in [-0.05, 0) is 24.1 Å². The highest BCUT2D eigenvalue weighted by atomic mass is 16.3. The largest absolute Gasteiger partial charge is 0.392 e. The zero-order chi connectivity index (χ0) is 20.7. The van der Waals surface area contributed by atoms with E-state index in [1.165, 1.54) is 5.56 Å². The molecule has 2 aliphatic rings. The van der Waals surface area contributed by atoms with Crippen molar-refractivity contribution in [2.24, 2.45) is 7.05 Å². The Morgan fingerprint density at radius 3 is 2.73 bits per heavy atom. The second kappa shape index (κ2) is 7.70. The number of benzene rings is 1. The van der Waals surface area contributed by atoms with Crippen molar-refractivity contribution in [3.63, 3.8) is 0 Å². The molecule has 0 aliphatic carbocycles. The Balaban J connectivity index is 1.35. The van der Waals surface area contributed by atoms with Gasteiger partial charge in [0.15, 0.2) is 11.6 Å². The summed E-state index contributed by atoms with van der Waals surface area (Å²) in [5, 5.41) is 19.2. The third-order valence-corrected chi connectivity index (χ3v) is 6.14. The summed E-state index contributed by atoms with van der Waals surface area (Å²) < 4.78 is 3.98. The Morgan fingerprint density at radius 1 is 1.13 bits per heavy atom. The lowest BCUT2D eigenvalue weighted by atomic mass is 10.1. The van der Waals surface area contributed by atoms with Gasteiger partial charge in [-0.3, -0.25) is 9.69 Å². The topological polar surface area (TPSA) is 79.4 Å². The predicted octanol–water partition coefficient (Wildman–Crippen LogP) is 1.58. The van der Waals surface area contributed by atoms with E-state index in [0.717, 1.165) is 18.2 Å². The highest BCUT2D eigenvalue weighted by Gasteiger charge is 2.37. The molecule has 1 aromatic carbocycles. The van der Waals surface area contributed by atoms with E-state index in [9.17, 15) is 9.90 Å². The van der Waals surface area contributed by atoms with Crippen LogP contribution in [0.15, 0.2) is 48.7 Å². The van der Waals surface area contributed by atoms with Gasteiger partial charge in [-0.1, -0.05) is 30.3 Å². The molecule has 4 heterocycles. The smallest absolute Gasteiger partial charge is 0.270 e. The summed E-state index contributed by atoms with van der Waals surface area (Å²) in [4.78, 5) is 17.0. The Morgan fingerprint density at radius 2 is 1.97 bits per heavy atom. The third kappa shape index (κ3) is 3.42. The van der Waals surface area contributed by atoms with Crippen LogP contribution in [-0.2, 0) is 26.7 Å². The highest BCUT2D eigenvalue weighted by molar-refractivity contribution is 5.92. The molecule has 0 unspecified atom stereocenters. The standard InChI is InChI=1S/C22H26N6O2/c1-25-9-5-8-18(25)22(30)26-10-11-28-20(15-26)23-24-21(28)19-12-17(29)14-27(19)13-16-6-3-2-4-7-16/h2-9,17,19,29H,10-15H2,1H3/t17-,19+/m1/s1. The molecule has 0 saturated carbocycles. The van der Waals surface area contributed by atoms with Crippen LogP contribution in [0.25, 0.3) is 0 Å². The van der Waals surface area contributed by atoms with Crippen LogP contribution in [0.3, 0.4) is 0 Å². The Kier molecular flexibility index (Phi) is 4.88. The van der Waals surface area contributed by atoms with Crippen LogP contribution >= 0.6 is 0 Å². The minimum atomic E-state index is -0.370. The summed E-state index contributed by atoms with van der Waals surface area (Å²) in [5.74, 6) is 1.71. The molecule has 1 N–H and O–H groups in total. The first-order valence-corrected chi connectivity index (χ1v) is 10.4. The maximum Gasteiger partial charge on any atom is 0.270 e. The Bertz CT molecular complexity index is 1040. The lowest BCUT2D eigenvalue weighted by molar-refractivity contribution is 0.0694. The number of fused-ring (bicyclic) bond motifs is 1. The monoisotopic (exact) mass is 406 g/mol. The third-order valence-electron chi connectivity index (χ3n) is 6.14. The van der Waals surface area contributed by atoms with E-state index in [1.54, 1.807) is 0 Å². The molecule has 0 bridgehead atoms. The lowest BCUT2D eigenvalue weighted by Crippen LogP contribution is -2.40. The zero-order valence-electron chi connectivity index (χ0n) is 17.1. The average molecular weight is 406 g/mol. The van der Waals surface area contributed by atoms with Gasteiger partial charge >= 0.3 is 0 Å². The van der Waals surface area contributed by atoms with Crippen molar-refractivity contribution in [1.29, 1.82) is 0 Å². The van der Waals surface area contributed by atoms with Crippen molar-refractivity contribution in [3.05, 3.63) is 71.6 Å². The van der Waals surface area contributed by atoms with Crippen LogP contribution in [-0.4, -0.2) is 59.3 Å². The number of aromatic nitrogens is 4. The maximum absolute atomic E-state index is 12.9. The van der Waals surface area contributed by atoms with Crippen LogP contribution < -0.4 is 0 Å². The molecular weight excluding hydrogens is 380 g/mol. The Labute approximate surface area is 175 Å². The first-order chi connectivity index (χ1) is 14.6. The number of carbonyl (C=O) groups is 1. The summed E-state index contributed by atoms with van der Waals surface area (Å²) in [6.07, 6.45) is 2.16. The maximum atomic E-state index is 12.9. The fourth-order valence-electron chi connectivity index (χ4n) is 4.59. The number of carbonyl (C=O) groups excluding carboxylic acids is 1. The molecular formula is C22H26N6O2. The number of β-amino-alcohol motifs (C(OH)–C–C–N with tert-alkyl or cyclic N) is 1. The van der Waals surface area contributed by atoms with Gasteiger partial charge in [0.1, 0.15) is 5.69 Å². The van der Waals surface area contributed by atoms with Gasteiger partial charge in [-0.15, -0.1) is 10.2 Å². The number of likely N-dealkylation sites (tertiary alicyclic amines) is 1. The van der Waals surface area contributed by atoms with E-state index in [1.807, 2.05) is 53.0 Å². The van der Waals surface area contributed by atoms with Crippen LogP contribution in [0.1, 0.15) is 40.2 Å². The molecule has 8 nitrogen and oxygen atoms in total. The number of rotatable bonds is 4. The van der Waals surface area contributed by atoms with E-state index < -0.39 is 0 Å². The first-order valence-electron chi connectivity index (χ1n) is 10.4. The quantitative estimate of drug-likeness (QED) is 0.712. The van der Waals surface area contributed by atoms with Crippen LogP contribution in [0, 0.1) is 0 Å². The van der Waals surface area contributed by atoms with Gasteiger partial charge in [-0.25, -0.2) is 0 Å². The fraction of sp³-hybridized carbons (Fsp3) is 0.409. The first kappa shape index (κ1) is 19.0. The van der Waals surface area contributed by atoms with E-state index in [2.05, 4.69) is 31.8 Å². The molecule has 2 aromatic heterocycles. The zero-order valence-corrected chi connectivity index (χ0v) is 17.1. The van der Waals surface area contributed by atoms with Gasteiger partial charge in [0, 0.05) is 39.4 Å². The molecule has 5 rings (SSSR count). The number of hydrogen-bond donors (Lipinski definition) is 1. The van der Waals surface area contributed by atoms with Gasteiger partial charge in [0.05, 0.1) is 18.7 Å². The number of aliphatic hydroxyl groups is 1. The van der Waals surface area contributed by atoms with Gasteiger partial charge in [0.2, 0.25) is 0 Å². The normalized spacial score (nSPS) is 21.7. The van der Waals surface area contributed by atoms with Crippen LogP contribution in [0.5, 0.6) is 0 Å². The van der Waals surface area contributed by atoms with Gasteiger partial charge in [0.25, 0.3) is 5.91 Å². The second-order valence-electron chi connectivity index (χ2n) is 8.18. The molecule has 1 amide bonds. The number of hydrogen-bond acceptors (Lipinski definition) is 5. The summed E-state index contributed by atoms with van der Waals surface area (Å²) in [6.45, 7) is 3.13. The molecule has 8 heteroatoms. The van der Waals surface area contributed by atoms with E-state index in [4.69, 9.17) is 0 Å². The van der Waals surface area contributed by atoms with Crippen molar-refractivity contribution < 1.29 is 9.90 Å².